The van der Waals surface area contributed by atoms with E-state index in [4.69, 9.17) is 11.0 Å². The highest BCUT2D eigenvalue weighted by Crippen LogP contribution is 2.21. The molecule has 0 atom stereocenters. The summed E-state index contributed by atoms with van der Waals surface area (Å²) in [6.45, 7) is 0. The van der Waals surface area contributed by atoms with Gasteiger partial charge in [0.15, 0.2) is 11.5 Å². The average Bonchev–Trinajstić information content (AvgIpc) is 2.70. The summed E-state index contributed by atoms with van der Waals surface area (Å²) in [7, 11) is -2.40. The quantitative estimate of drug-likeness (QED) is 0.817. The first-order valence-corrected chi connectivity index (χ1v) is 6.59. The first-order chi connectivity index (χ1) is 8.95. The molecule has 0 amide bonds. The molecule has 98 valence electrons. The number of anilines is 2. The number of nitriles is 1. The molecule has 2 heterocycles. The zero-order valence-electron chi connectivity index (χ0n) is 9.90. The highest BCUT2D eigenvalue weighted by atomic mass is 32.2. The lowest BCUT2D eigenvalue weighted by molar-refractivity contribution is 0.599. The maximum absolute atomic E-state index is 12.2. The number of rotatable bonds is 3. The topological polar surface area (TPSA) is 127 Å². The summed E-state index contributed by atoms with van der Waals surface area (Å²) >= 11 is 0. The van der Waals surface area contributed by atoms with Gasteiger partial charge in [-0.2, -0.15) is 10.4 Å². The standard InChI is InChI=1S/C10H10N6O2S/c1-16-10(7(12)6-14-16)15-19(17,18)9-3-2-4-13-8(9)5-11/h2-4,6,15H,12H2,1H3. The smallest absolute Gasteiger partial charge is 0.266 e. The van der Waals surface area contributed by atoms with Gasteiger partial charge in [-0.15, -0.1) is 0 Å². The van der Waals surface area contributed by atoms with Crippen molar-refractivity contribution in [3.05, 3.63) is 30.2 Å². The molecule has 2 aromatic rings. The molecule has 0 radical (unpaired) electrons. The van der Waals surface area contributed by atoms with Crippen LogP contribution >= 0.6 is 0 Å². The predicted octanol–water partition coefficient (Wildman–Crippen LogP) is 0.0698. The lowest BCUT2D eigenvalue weighted by Gasteiger charge is -2.09. The molecular weight excluding hydrogens is 268 g/mol. The minimum Gasteiger partial charge on any atom is -0.394 e. The Labute approximate surface area is 109 Å². The molecule has 0 aliphatic rings. The Morgan fingerprint density at radius 2 is 2.26 bits per heavy atom. The van der Waals surface area contributed by atoms with Gasteiger partial charge in [-0.25, -0.2) is 13.4 Å². The van der Waals surface area contributed by atoms with E-state index in [9.17, 15) is 8.42 Å². The fraction of sp³-hybridized carbons (Fsp3) is 0.100. The lowest BCUT2D eigenvalue weighted by Crippen LogP contribution is -2.17. The summed E-state index contributed by atoms with van der Waals surface area (Å²) in [5.41, 5.74) is 5.61. The van der Waals surface area contributed by atoms with Gasteiger partial charge >= 0.3 is 0 Å². The maximum Gasteiger partial charge on any atom is 0.266 e. The van der Waals surface area contributed by atoms with E-state index in [0.717, 1.165) is 0 Å². The fourth-order valence-electron chi connectivity index (χ4n) is 1.45. The number of aryl methyl sites for hydroxylation is 1. The highest BCUT2D eigenvalue weighted by molar-refractivity contribution is 7.92. The van der Waals surface area contributed by atoms with Crippen LogP contribution < -0.4 is 10.5 Å². The predicted molar refractivity (Wildman–Crippen MR) is 67.4 cm³/mol. The molecule has 0 aliphatic heterocycles. The van der Waals surface area contributed by atoms with Gasteiger partial charge < -0.3 is 5.73 Å². The van der Waals surface area contributed by atoms with E-state index >= 15 is 0 Å². The van der Waals surface area contributed by atoms with E-state index in [1.807, 2.05) is 0 Å². The van der Waals surface area contributed by atoms with Gasteiger partial charge in [0.25, 0.3) is 10.0 Å². The highest BCUT2D eigenvalue weighted by Gasteiger charge is 2.21. The molecule has 0 bridgehead atoms. The van der Waals surface area contributed by atoms with Crippen LogP contribution in [0.5, 0.6) is 0 Å². The van der Waals surface area contributed by atoms with Crippen LogP contribution in [0.2, 0.25) is 0 Å². The third-order valence-electron chi connectivity index (χ3n) is 2.36. The minimum atomic E-state index is -3.95. The Morgan fingerprint density at radius 1 is 1.53 bits per heavy atom. The van der Waals surface area contributed by atoms with Crippen LogP contribution in [0.15, 0.2) is 29.4 Å². The second-order valence-electron chi connectivity index (χ2n) is 3.64. The summed E-state index contributed by atoms with van der Waals surface area (Å²) in [6, 6.07) is 4.45. The minimum absolute atomic E-state index is 0.132. The Kier molecular flexibility index (Phi) is 3.10. The first-order valence-electron chi connectivity index (χ1n) is 5.11. The molecule has 2 rings (SSSR count). The Morgan fingerprint density at radius 3 is 2.84 bits per heavy atom. The second kappa shape index (κ2) is 4.58. The zero-order chi connectivity index (χ0) is 14.0. The van der Waals surface area contributed by atoms with Crippen molar-refractivity contribution in [2.24, 2.45) is 7.05 Å². The molecule has 2 aromatic heterocycles. The summed E-state index contributed by atoms with van der Waals surface area (Å²) in [5, 5.41) is 12.7. The first kappa shape index (κ1) is 12.8. The van der Waals surface area contributed by atoms with E-state index in [0.29, 0.717) is 0 Å². The van der Waals surface area contributed by atoms with Gasteiger partial charge in [-0.1, -0.05) is 0 Å². The number of nitrogen functional groups attached to an aromatic ring is 1. The number of hydrogen-bond donors (Lipinski definition) is 2. The van der Waals surface area contributed by atoms with Crippen molar-refractivity contribution in [3.63, 3.8) is 0 Å². The van der Waals surface area contributed by atoms with Crippen molar-refractivity contribution in [3.8, 4) is 6.07 Å². The molecule has 0 unspecified atom stereocenters. The SMILES string of the molecule is Cn1ncc(N)c1NS(=O)(=O)c1cccnc1C#N. The molecule has 0 aromatic carbocycles. The Bertz CT molecular complexity index is 739. The van der Waals surface area contributed by atoms with Gasteiger partial charge in [-0.05, 0) is 12.1 Å². The Hall–Kier alpha value is -2.60. The Balaban J connectivity index is 2.48. The summed E-state index contributed by atoms with van der Waals surface area (Å²) in [6.07, 6.45) is 2.67. The van der Waals surface area contributed by atoms with E-state index < -0.39 is 10.0 Å². The number of nitrogens with zero attached hydrogens (tertiary/aromatic N) is 4. The number of pyridine rings is 1. The van der Waals surface area contributed by atoms with Crippen molar-refractivity contribution in [1.29, 1.82) is 5.26 Å². The van der Waals surface area contributed by atoms with E-state index in [2.05, 4.69) is 14.8 Å². The molecule has 0 fully saturated rings. The van der Waals surface area contributed by atoms with Gasteiger partial charge in [-0.3, -0.25) is 9.40 Å². The van der Waals surface area contributed by atoms with Crippen LogP contribution in [0.25, 0.3) is 0 Å². The van der Waals surface area contributed by atoms with E-state index in [1.165, 1.54) is 29.2 Å². The van der Waals surface area contributed by atoms with Crippen LogP contribution in [0.1, 0.15) is 5.69 Å². The van der Waals surface area contributed by atoms with Crippen LogP contribution in [-0.2, 0) is 17.1 Å². The molecule has 8 nitrogen and oxygen atoms in total. The number of sulfonamides is 1. The third kappa shape index (κ3) is 2.34. The summed E-state index contributed by atoms with van der Waals surface area (Å²) < 4.78 is 27.9. The monoisotopic (exact) mass is 278 g/mol. The van der Waals surface area contributed by atoms with Crippen molar-refractivity contribution in [2.45, 2.75) is 4.90 Å². The molecule has 0 aliphatic carbocycles. The van der Waals surface area contributed by atoms with Gasteiger partial charge in [0, 0.05) is 13.2 Å². The third-order valence-corrected chi connectivity index (χ3v) is 3.73. The van der Waals surface area contributed by atoms with Crippen molar-refractivity contribution in [1.82, 2.24) is 14.8 Å². The van der Waals surface area contributed by atoms with Gasteiger partial charge in [0.05, 0.1) is 11.9 Å². The van der Waals surface area contributed by atoms with Crippen LogP contribution in [0.3, 0.4) is 0 Å². The number of hydrogen-bond acceptors (Lipinski definition) is 6. The van der Waals surface area contributed by atoms with Gasteiger partial charge in [0.1, 0.15) is 11.0 Å². The molecule has 0 spiro atoms. The maximum atomic E-state index is 12.2. The number of nitrogens with one attached hydrogen (secondary N) is 1. The molecule has 9 heteroatoms. The van der Waals surface area contributed by atoms with Gasteiger partial charge in [0.2, 0.25) is 0 Å². The number of nitrogens with two attached hydrogens (primary N) is 1. The van der Waals surface area contributed by atoms with Crippen molar-refractivity contribution < 1.29 is 8.42 Å². The van der Waals surface area contributed by atoms with Crippen LogP contribution in [-0.4, -0.2) is 23.2 Å². The molecule has 0 saturated carbocycles. The second-order valence-corrected chi connectivity index (χ2v) is 5.29. The molecule has 0 saturated heterocycles. The normalized spacial score (nSPS) is 10.9. The lowest BCUT2D eigenvalue weighted by atomic mass is 10.4. The van der Waals surface area contributed by atoms with Crippen LogP contribution in [0, 0.1) is 11.3 Å². The largest absolute Gasteiger partial charge is 0.394 e. The van der Waals surface area contributed by atoms with E-state index in [1.54, 1.807) is 13.1 Å². The zero-order valence-corrected chi connectivity index (χ0v) is 10.7. The summed E-state index contributed by atoms with van der Waals surface area (Å²) in [4.78, 5) is 3.49. The molecular formula is C10H10N6O2S. The fourth-order valence-corrected chi connectivity index (χ4v) is 2.68. The van der Waals surface area contributed by atoms with Crippen molar-refractivity contribution >= 4 is 21.5 Å². The number of aromatic nitrogens is 3. The van der Waals surface area contributed by atoms with E-state index in [-0.39, 0.29) is 22.1 Å². The van der Waals surface area contributed by atoms with Crippen molar-refractivity contribution in [2.75, 3.05) is 10.5 Å². The average molecular weight is 278 g/mol. The molecule has 19 heavy (non-hydrogen) atoms. The summed E-state index contributed by atoms with van der Waals surface area (Å²) in [5.74, 6) is 0.132. The van der Waals surface area contributed by atoms with Crippen LogP contribution in [0.4, 0.5) is 11.5 Å². The molecule has 3 N–H and O–H groups in total.